The summed E-state index contributed by atoms with van der Waals surface area (Å²) in [4.78, 5) is 20.5. The summed E-state index contributed by atoms with van der Waals surface area (Å²) in [5.74, 6) is -0.0584. The van der Waals surface area contributed by atoms with Gasteiger partial charge in [-0.25, -0.2) is 0 Å². The van der Waals surface area contributed by atoms with E-state index in [0.29, 0.717) is 12.1 Å². The fourth-order valence-corrected chi connectivity index (χ4v) is 4.15. The molecule has 0 unspecified atom stereocenters. The molecule has 7 nitrogen and oxygen atoms in total. The number of nitrogens with zero attached hydrogens (tertiary/aromatic N) is 3. The molecule has 7 heteroatoms. The van der Waals surface area contributed by atoms with E-state index in [1.54, 1.807) is 4.68 Å². The Hall–Kier alpha value is -3.97. The van der Waals surface area contributed by atoms with Crippen molar-refractivity contribution in [2.45, 2.75) is 6.92 Å². The van der Waals surface area contributed by atoms with Gasteiger partial charge in [0.15, 0.2) is 0 Å². The largest absolute Gasteiger partial charge is 0.353 e. The highest BCUT2D eigenvalue weighted by Gasteiger charge is 2.13. The lowest BCUT2D eigenvalue weighted by atomic mass is 9.98. The minimum absolute atomic E-state index is 0.0584. The van der Waals surface area contributed by atoms with Gasteiger partial charge in [-0.3, -0.25) is 14.5 Å². The molecule has 3 heterocycles. The van der Waals surface area contributed by atoms with Crippen LogP contribution in [0, 0.1) is 0 Å². The Labute approximate surface area is 191 Å². The molecule has 5 aromatic rings. The van der Waals surface area contributed by atoms with Crippen LogP contribution in [0.3, 0.4) is 0 Å². The SMILES string of the molecule is CCNCCNC(=O)c1ccc(-c2cccc3[nH]c4cnc(-c5cnn(C)c5)cc4c23)cc1. The summed E-state index contributed by atoms with van der Waals surface area (Å²) in [6, 6.07) is 16.1. The highest BCUT2D eigenvalue weighted by atomic mass is 16.1. The normalized spacial score (nSPS) is 11.3. The zero-order valence-electron chi connectivity index (χ0n) is 18.7. The van der Waals surface area contributed by atoms with Gasteiger partial charge in [0.1, 0.15) is 0 Å². The van der Waals surface area contributed by atoms with Gasteiger partial charge in [0, 0.05) is 53.8 Å². The summed E-state index contributed by atoms with van der Waals surface area (Å²) in [6.45, 7) is 4.31. The Morgan fingerprint density at radius 2 is 1.88 bits per heavy atom. The fourth-order valence-electron chi connectivity index (χ4n) is 4.15. The molecule has 0 aliphatic rings. The monoisotopic (exact) mass is 438 g/mol. The smallest absolute Gasteiger partial charge is 0.251 e. The number of carbonyl (C=O) groups excluding carboxylic acids is 1. The first-order valence-electron chi connectivity index (χ1n) is 11.1. The second-order valence-corrected chi connectivity index (χ2v) is 8.06. The van der Waals surface area contributed by atoms with Crippen molar-refractivity contribution in [2.24, 2.45) is 7.05 Å². The molecule has 0 atom stereocenters. The maximum absolute atomic E-state index is 12.4. The number of H-pyrrole nitrogens is 1. The van der Waals surface area contributed by atoms with Crippen LogP contribution in [-0.4, -0.2) is 45.3 Å². The Kier molecular flexibility index (Phi) is 5.62. The number of rotatable bonds is 7. The first kappa shape index (κ1) is 20.9. The van der Waals surface area contributed by atoms with Gasteiger partial charge < -0.3 is 15.6 Å². The van der Waals surface area contributed by atoms with Gasteiger partial charge in [-0.15, -0.1) is 0 Å². The van der Waals surface area contributed by atoms with E-state index in [0.717, 1.165) is 57.3 Å². The second kappa shape index (κ2) is 8.88. The van der Waals surface area contributed by atoms with Crippen molar-refractivity contribution in [3.05, 3.63) is 72.7 Å². The van der Waals surface area contributed by atoms with Crippen LogP contribution < -0.4 is 10.6 Å². The third-order valence-electron chi connectivity index (χ3n) is 5.80. The molecule has 0 saturated carbocycles. The Bertz CT molecular complexity index is 1430. The summed E-state index contributed by atoms with van der Waals surface area (Å²) in [5.41, 5.74) is 6.74. The van der Waals surface area contributed by atoms with Crippen LogP contribution in [0.1, 0.15) is 17.3 Å². The molecular weight excluding hydrogens is 412 g/mol. The predicted molar refractivity (Wildman–Crippen MR) is 132 cm³/mol. The van der Waals surface area contributed by atoms with Crippen LogP contribution in [-0.2, 0) is 7.05 Å². The molecule has 0 saturated heterocycles. The molecule has 3 aromatic heterocycles. The predicted octanol–water partition coefficient (Wildman–Crippen LogP) is 4.12. The molecule has 0 fully saturated rings. The molecule has 0 radical (unpaired) electrons. The first-order chi connectivity index (χ1) is 16.1. The maximum atomic E-state index is 12.4. The Morgan fingerprint density at radius 3 is 2.64 bits per heavy atom. The van der Waals surface area contributed by atoms with Gasteiger partial charge in [0.2, 0.25) is 0 Å². The number of carbonyl (C=O) groups is 1. The Morgan fingerprint density at radius 1 is 1.03 bits per heavy atom. The van der Waals surface area contributed by atoms with Crippen molar-refractivity contribution in [2.75, 3.05) is 19.6 Å². The molecule has 5 rings (SSSR count). The van der Waals surface area contributed by atoms with Gasteiger partial charge >= 0.3 is 0 Å². The Balaban J connectivity index is 1.51. The van der Waals surface area contributed by atoms with Gasteiger partial charge in [-0.2, -0.15) is 5.10 Å². The van der Waals surface area contributed by atoms with Crippen molar-refractivity contribution >= 4 is 27.7 Å². The zero-order chi connectivity index (χ0) is 22.8. The number of likely N-dealkylation sites (N-methyl/N-ethyl adjacent to an activating group) is 1. The van der Waals surface area contributed by atoms with E-state index in [1.807, 2.05) is 62.9 Å². The highest BCUT2D eigenvalue weighted by Crippen LogP contribution is 2.35. The van der Waals surface area contributed by atoms with Crippen LogP contribution in [0.15, 0.2) is 67.1 Å². The lowest BCUT2D eigenvalue weighted by molar-refractivity contribution is 0.0954. The number of nitrogens with one attached hydrogen (secondary N) is 3. The van der Waals surface area contributed by atoms with E-state index in [9.17, 15) is 4.79 Å². The first-order valence-corrected chi connectivity index (χ1v) is 11.1. The summed E-state index contributed by atoms with van der Waals surface area (Å²) < 4.78 is 1.78. The lowest BCUT2D eigenvalue weighted by Gasteiger charge is -2.08. The summed E-state index contributed by atoms with van der Waals surface area (Å²) in [5, 5.41) is 12.7. The number of aromatic amines is 1. The van der Waals surface area contributed by atoms with E-state index in [4.69, 9.17) is 0 Å². The van der Waals surface area contributed by atoms with E-state index < -0.39 is 0 Å². The lowest BCUT2D eigenvalue weighted by Crippen LogP contribution is -2.31. The highest BCUT2D eigenvalue weighted by molar-refractivity contribution is 6.14. The minimum Gasteiger partial charge on any atom is -0.353 e. The fraction of sp³-hybridized carbons (Fsp3) is 0.192. The molecule has 33 heavy (non-hydrogen) atoms. The van der Waals surface area contributed by atoms with E-state index >= 15 is 0 Å². The number of hydrogen-bond acceptors (Lipinski definition) is 4. The summed E-state index contributed by atoms with van der Waals surface area (Å²) in [7, 11) is 1.90. The topological polar surface area (TPSA) is 87.6 Å². The van der Waals surface area contributed by atoms with E-state index in [2.05, 4.69) is 43.9 Å². The van der Waals surface area contributed by atoms with E-state index in [1.165, 1.54) is 0 Å². The van der Waals surface area contributed by atoms with Crippen molar-refractivity contribution in [1.82, 2.24) is 30.4 Å². The molecule has 0 bridgehead atoms. The van der Waals surface area contributed by atoms with Gasteiger partial charge in [0.05, 0.1) is 23.6 Å². The summed E-state index contributed by atoms with van der Waals surface area (Å²) in [6.07, 6.45) is 5.67. The van der Waals surface area contributed by atoms with Gasteiger partial charge in [-0.05, 0) is 41.9 Å². The molecule has 166 valence electrons. The number of aromatic nitrogens is 4. The minimum atomic E-state index is -0.0584. The maximum Gasteiger partial charge on any atom is 0.251 e. The molecule has 0 aliphatic carbocycles. The second-order valence-electron chi connectivity index (χ2n) is 8.06. The van der Waals surface area contributed by atoms with Crippen LogP contribution in [0.25, 0.3) is 44.2 Å². The van der Waals surface area contributed by atoms with Gasteiger partial charge in [0.25, 0.3) is 5.91 Å². The molecule has 3 N–H and O–H groups in total. The van der Waals surface area contributed by atoms with E-state index in [-0.39, 0.29) is 5.91 Å². The molecule has 2 aromatic carbocycles. The van der Waals surface area contributed by atoms with Crippen molar-refractivity contribution < 1.29 is 4.79 Å². The molecule has 0 spiro atoms. The number of pyridine rings is 1. The third kappa shape index (κ3) is 4.10. The summed E-state index contributed by atoms with van der Waals surface area (Å²) >= 11 is 0. The van der Waals surface area contributed by atoms with Crippen molar-refractivity contribution in [3.8, 4) is 22.4 Å². The van der Waals surface area contributed by atoms with Crippen LogP contribution in [0.5, 0.6) is 0 Å². The van der Waals surface area contributed by atoms with Crippen molar-refractivity contribution in [3.63, 3.8) is 0 Å². The van der Waals surface area contributed by atoms with Crippen LogP contribution in [0.2, 0.25) is 0 Å². The quantitative estimate of drug-likeness (QED) is 0.334. The number of hydrogen-bond donors (Lipinski definition) is 3. The number of aryl methyl sites for hydroxylation is 1. The molecule has 0 aliphatic heterocycles. The average molecular weight is 439 g/mol. The third-order valence-corrected chi connectivity index (χ3v) is 5.80. The number of amides is 1. The zero-order valence-corrected chi connectivity index (χ0v) is 18.7. The van der Waals surface area contributed by atoms with Gasteiger partial charge in [-0.1, -0.05) is 31.2 Å². The number of fused-ring (bicyclic) bond motifs is 3. The van der Waals surface area contributed by atoms with Crippen LogP contribution in [0.4, 0.5) is 0 Å². The van der Waals surface area contributed by atoms with Crippen molar-refractivity contribution in [1.29, 1.82) is 0 Å². The average Bonchev–Trinajstić information content (AvgIpc) is 3.44. The number of benzene rings is 2. The standard InChI is InChI=1S/C26H26N6O/c1-3-27-11-12-28-26(33)18-9-7-17(8-10-18)20-5-4-6-22-25(20)21-13-23(29-15-24(21)31-22)19-14-30-32(2)16-19/h4-10,13-16,27,31H,3,11-12H2,1-2H3,(H,28,33). The molecule has 1 amide bonds. The van der Waals surface area contributed by atoms with Crippen LogP contribution >= 0.6 is 0 Å². The molecular formula is C26H26N6O.